The Balaban J connectivity index is 1.23. The fourth-order valence-corrected chi connectivity index (χ4v) is 6.19. The number of pyridine rings is 2. The number of nitrogens with zero attached hydrogens (tertiary/aromatic N) is 8. The SMILES string of the molecule is CC1CN(c2cnc3ccc(Sc4nnc5ccc(-c6cnn(C)c6)cn45)cc3c2)CC(C)N1C(=O)OC(C)(C)C. The molecule has 1 aromatic carbocycles. The second-order valence-corrected chi connectivity index (χ2v) is 12.7. The fraction of sp³-hybridized carbons (Fsp3) is 0.367. The number of hydrogen-bond acceptors (Lipinski definition) is 8. The molecular weight excluding hydrogens is 536 g/mol. The predicted molar refractivity (Wildman–Crippen MR) is 160 cm³/mol. The molecule has 5 aromatic rings. The highest BCUT2D eigenvalue weighted by Gasteiger charge is 2.35. The Morgan fingerprint density at radius 3 is 2.46 bits per heavy atom. The van der Waals surface area contributed by atoms with Gasteiger partial charge in [0.25, 0.3) is 0 Å². The van der Waals surface area contributed by atoms with Gasteiger partial charge in [-0.25, -0.2) is 4.79 Å². The monoisotopic (exact) mass is 570 g/mol. The number of ether oxygens (including phenoxy) is 1. The highest BCUT2D eigenvalue weighted by atomic mass is 32.2. The number of benzene rings is 1. The summed E-state index contributed by atoms with van der Waals surface area (Å²) in [5.41, 5.74) is 4.33. The van der Waals surface area contributed by atoms with Crippen molar-refractivity contribution in [3.63, 3.8) is 0 Å². The van der Waals surface area contributed by atoms with Crippen molar-refractivity contribution in [2.45, 2.75) is 62.4 Å². The van der Waals surface area contributed by atoms with Crippen molar-refractivity contribution in [3.8, 4) is 11.1 Å². The number of rotatable bonds is 4. The fourth-order valence-electron chi connectivity index (χ4n) is 5.33. The maximum atomic E-state index is 12.8. The highest BCUT2D eigenvalue weighted by Crippen LogP contribution is 2.32. The van der Waals surface area contributed by atoms with Crippen LogP contribution >= 0.6 is 11.8 Å². The molecule has 4 aromatic heterocycles. The Kier molecular flexibility index (Phi) is 6.85. The summed E-state index contributed by atoms with van der Waals surface area (Å²) < 4.78 is 9.47. The molecule has 1 amide bonds. The molecule has 0 aliphatic carbocycles. The minimum Gasteiger partial charge on any atom is -0.444 e. The van der Waals surface area contributed by atoms with E-state index in [0.29, 0.717) is 13.1 Å². The molecule has 2 unspecified atom stereocenters. The molecule has 0 spiro atoms. The van der Waals surface area contributed by atoms with Gasteiger partial charge in [-0.05, 0) is 82.8 Å². The first-order valence-electron chi connectivity index (χ1n) is 13.7. The second kappa shape index (κ2) is 10.4. The molecule has 0 saturated carbocycles. The van der Waals surface area contributed by atoms with E-state index in [1.807, 2.05) is 73.9 Å². The van der Waals surface area contributed by atoms with E-state index < -0.39 is 5.60 Å². The predicted octanol–water partition coefficient (Wildman–Crippen LogP) is 5.66. The zero-order valence-corrected chi connectivity index (χ0v) is 25.0. The Morgan fingerprint density at radius 2 is 1.76 bits per heavy atom. The molecule has 1 fully saturated rings. The Morgan fingerprint density at radius 1 is 0.976 bits per heavy atom. The van der Waals surface area contributed by atoms with Crippen LogP contribution in [0.25, 0.3) is 27.7 Å². The van der Waals surface area contributed by atoms with Gasteiger partial charge in [0.1, 0.15) is 5.60 Å². The van der Waals surface area contributed by atoms with Gasteiger partial charge in [-0.1, -0.05) is 0 Å². The van der Waals surface area contributed by atoms with Crippen LogP contribution in [0.1, 0.15) is 34.6 Å². The molecule has 0 N–H and O–H groups in total. The number of piperazine rings is 1. The molecule has 1 aliphatic rings. The van der Waals surface area contributed by atoms with Crippen LogP contribution in [0.5, 0.6) is 0 Å². The Hall–Kier alpha value is -4.12. The van der Waals surface area contributed by atoms with Gasteiger partial charge in [0.2, 0.25) is 0 Å². The lowest BCUT2D eigenvalue weighted by Crippen LogP contribution is -2.59. The quantitative estimate of drug-likeness (QED) is 0.273. The number of carbonyl (C=O) groups excluding carboxylic acids is 1. The summed E-state index contributed by atoms with van der Waals surface area (Å²) >= 11 is 1.57. The zero-order chi connectivity index (χ0) is 28.9. The van der Waals surface area contributed by atoms with E-state index in [1.54, 1.807) is 16.4 Å². The van der Waals surface area contributed by atoms with Crippen LogP contribution in [-0.4, -0.2) is 71.1 Å². The van der Waals surface area contributed by atoms with E-state index in [-0.39, 0.29) is 18.2 Å². The number of carbonyl (C=O) groups is 1. The summed E-state index contributed by atoms with van der Waals surface area (Å²) in [6.45, 7) is 11.2. The Bertz CT molecular complexity index is 1730. The summed E-state index contributed by atoms with van der Waals surface area (Å²) in [5.74, 6) is 0. The average molecular weight is 571 g/mol. The number of amides is 1. The summed E-state index contributed by atoms with van der Waals surface area (Å²) in [4.78, 5) is 22.8. The van der Waals surface area contributed by atoms with Gasteiger partial charge in [0, 0.05) is 53.9 Å². The summed E-state index contributed by atoms with van der Waals surface area (Å²) in [5, 5.41) is 14.9. The lowest BCUT2D eigenvalue weighted by Gasteiger charge is -2.45. The number of fused-ring (bicyclic) bond motifs is 2. The molecule has 6 rings (SSSR count). The van der Waals surface area contributed by atoms with E-state index in [2.05, 4.69) is 58.4 Å². The number of aryl methyl sites for hydroxylation is 1. The molecular formula is C30H34N8O2S. The summed E-state index contributed by atoms with van der Waals surface area (Å²) in [6.07, 6.45) is 7.55. The molecule has 0 radical (unpaired) electrons. The standard InChI is InChI=1S/C30H34N8O2S/c1-19-15-36(16-20(2)38(19)29(39)40-30(3,4)5)24-11-22-12-25(8-9-26(22)31-14-24)41-28-34-33-27-10-7-21(18-37(27)28)23-13-32-35(6)17-23/h7-14,17-20H,15-16H2,1-6H3. The summed E-state index contributed by atoms with van der Waals surface area (Å²) in [7, 11) is 1.91. The van der Waals surface area contributed by atoms with Crippen LogP contribution < -0.4 is 4.90 Å². The molecule has 41 heavy (non-hydrogen) atoms. The third-order valence-corrected chi connectivity index (χ3v) is 8.10. The van der Waals surface area contributed by atoms with Gasteiger partial charge >= 0.3 is 6.09 Å². The lowest BCUT2D eigenvalue weighted by molar-refractivity contribution is 0.00566. The second-order valence-electron chi connectivity index (χ2n) is 11.7. The Labute approximate surface area is 243 Å². The van der Waals surface area contributed by atoms with E-state index in [1.165, 1.54) is 0 Å². The van der Waals surface area contributed by atoms with Gasteiger partial charge in [-0.15, -0.1) is 10.2 Å². The normalized spacial score (nSPS) is 17.9. The molecule has 5 heterocycles. The van der Waals surface area contributed by atoms with Gasteiger partial charge in [-0.3, -0.25) is 19.0 Å². The average Bonchev–Trinajstić information content (AvgIpc) is 3.52. The molecule has 1 aliphatic heterocycles. The van der Waals surface area contributed by atoms with Crippen molar-refractivity contribution >= 4 is 40.1 Å². The van der Waals surface area contributed by atoms with Crippen molar-refractivity contribution in [3.05, 3.63) is 61.2 Å². The van der Waals surface area contributed by atoms with Crippen molar-refractivity contribution in [1.82, 2.24) is 34.3 Å². The van der Waals surface area contributed by atoms with Crippen LogP contribution in [0.4, 0.5) is 10.5 Å². The van der Waals surface area contributed by atoms with Crippen LogP contribution in [0.15, 0.2) is 71.2 Å². The third kappa shape index (κ3) is 5.58. The first-order chi connectivity index (χ1) is 19.5. The van der Waals surface area contributed by atoms with E-state index in [0.717, 1.165) is 43.4 Å². The molecule has 2 atom stereocenters. The highest BCUT2D eigenvalue weighted by molar-refractivity contribution is 7.99. The van der Waals surface area contributed by atoms with E-state index in [4.69, 9.17) is 9.72 Å². The largest absolute Gasteiger partial charge is 0.444 e. The summed E-state index contributed by atoms with van der Waals surface area (Å²) in [6, 6.07) is 12.4. The van der Waals surface area contributed by atoms with Crippen molar-refractivity contribution in [2.75, 3.05) is 18.0 Å². The number of aromatic nitrogens is 6. The van der Waals surface area contributed by atoms with Crippen LogP contribution in [0.2, 0.25) is 0 Å². The van der Waals surface area contributed by atoms with E-state index >= 15 is 0 Å². The maximum absolute atomic E-state index is 12.8. The van der Waals surface area contributed by atoms with Crippen molar-refractivity contribution in [2.24, 2.45) is 7.05 Å². The van der Waals surface area contributed by atoms with Gasteiger partial charge in [-0.2, -0.15) is 5.10 Å². The molecule has 0 bridgehead atoms. The van der Waals surface area contributed by atoms with Crippen molar-refractivity contribution < 1.29 is 9.53 Å². The van der Waals surface area contributed by atoms with Crippen molar-refractivity contribution in [1.29, 1.82) is 0 Å². The van der Waals surface area contributed by atoms with E-state index in [9.17, 15) is 4.79 Å². The molecule has 212 valence electrons. The minimum atomic E-state index is -0.522. The molecule has 10 nitrogen and oxygen atoms in total. The van der Waals surface area contributed by atoms with Gasteiger partial charge in [0.05, 0.1) is 35.7 Å². The van der Waals surface area contributed by atoms with Crippen LogP contribution in [-0.2, 0) is 11.8 Å². The van der Waals surface area contributed by atoms with Crippen LogP contribution in [0, 0.1) is 0 Å². The maximum Gasteiger partial charge on any atom is 0.410 e. The van der Waals surface area contributed by atoms with Crippen LogP contribution in [0.3, 0.4) is 0 Å². The third-order valence-electron chi connectivity index (χ3n) is 7.15. The smallest absolute Gasteiger partial charge is 0.410 e. The number of anilines is 1. The van der Waals surface area contributed by atoms with Gasteiger partial charge in [0.15, 0.2) is 10.8 Å². The van der Waals surface area contributed by atoms with Gasteiger partial charge < -0.3 is 9.64 Å². The number of hydrogen-bond donors (Lipinski definition) is 0. The minimum absolute atomic E-state index is 0.00367. The topological polar surface area (TPSA) is 93.7 Å². The molecule has 11 heteroatoms. The molecule has 1 saturated heterocycles. The first kappa shape index (κ1) is 27.1. The zero-order valence-electron chi connectivity index (χ0n) is 24.1. The first-order valence-corrected chi connectivity index (χ1v) is 14.5. The lowest BCUT2D eigenvalue weighted by atomic mass is 10.1.